The lowest BCUT2D eigenvalue weighted by molar-refractivity contribution is -0.385. The highest BCUT2D eigenvalue weighted by molar-refractivity contribution is 5.20. The van der Waals surface area contributed by atoms with E-state index < -0.39 is 10.5 Å². The van der Waals surface area contributed by atoms with Crippen LogP contribution >= 0.6 is 0 Å². The molecule has 6 nitrogen and oxygen atoms in total. The van der Waals surface area contributed by atoms with Gasteiger partial charge in [0.05, 0.1) is 10.5 Å². The van der Waals surface area contributed by atoms with Crippen molar-refractivity contribution < 1.29 is 10.0 Å². The number of hydrogen-bond acceptors (Lipinski definition) is 4. The Labute approximate surface area is 81.3 Å². The molecule has 1 aromatic rings. The van der Waals surface area contributed by atoms with Crippen molar-refractivity contribution >= 4 is 5.69 Å². The van der Waals surface area contributed by atoms with Crippen LogP contribution in [0.15, 0.2) is 12.4 Å². The molecule has 0 aromatic carbocycles. The smallest absolute Gasteiger partial charge is 0.306 e. The number of nitro groups is 1. The van der Waals surface area contributed by atoms with Crippen LogP contribution in [0.3, 0.4) is 0 Å². The zero-order valence-corrected chi connectivity index (χ0v) is 8.17. The first kappa shape index (κ1) is 10.6. The summed E-state index contributed by atoms with van der Waals surface area (Å²) in [5.41, 5.74) is -0.804. The monoisotopic (exact) mass is 199 g/mol. The fourth-order valence-corrected chi connectivity index (χ4v) is 0.957. The van der Waals surface area contributed by atoms with Crippen LogP contribution in [0.5, 0.6) is 0 Å². The molecule has 0 saturated heterocycles. The van der Waals surface area contributed by atoms with Crippen molar-refractivity contribution in [1.82, 2.24) is 9.78 Å². The van der Waals surface area contributed by atoms with Crippen LogP contribution in [0.4, 0.5) is 5.69 Å². The first-order valence-corrected chi connectivity index (χ1v) is 4.28. The Morgan fingerprint density at radius 2 is 2.36 bits per heavy atom. The number of rotatable bonds is 4. The summed E-state index contributed by atoms with van der Waals surface area (Å²) in [4.78, 5) is 9.83. The average molecular weight is 199 g/mol. The summed E-state index contributed by atoms with van der Waals surface area (Å²) in [5, 5.41) is 23.5. The molecule has 1 heterocycles. The van der Waals surface area contributed by atoms with Crippen LogP contribution in [0, 0.1) is 10.1 Å². The molecule has 78 valence electrons. The van der Waals surface area contributed by atoms with Crippen LogP contribution in [-0.2, 0) is 6.54 Å². The summed E-state index contributed by atoms with van der Waals surface area (Å²) in [6.45, 7) is 3.84. The van der Waals surface area contributed by atoms with Crippen molar-refractivity contribution in [1.29, 1.82) is 0 Å². The fraction of sp³-hybridized carbons (Fsp3) is 0.625. The normalized spacial score (nSPS) is 11.6. The van der Waals surface area contributed by atoms with Gasteiger partial charge in [-0.25, -0.2) is 0 Å². The van der Waals surface area contributed by atoms with Crippen LogP contribution < -0.4 is 0 Å². The second kappa shape index (κ2) is 3.75. The first-order chi connectivity index (χ1) is 6.38. The summed E-state index contributed by atoms with van der Waals surface area (Å²) in [7, 11) is 0. The van der Waals surface area contributed by atoms with Gasteiger partial charge >= 0.3 is 5.69 Å². The minimum atomic E-state index is -0.777. The number of hydrogen-bond donors (Lipinski definition) is 1. The molecule has 0 aliphatic carbocycles. The molecule has 1 aromatic heterocycles. The molecular weight excluding hydrogens is 186 g/mol. The van der Waals surface area contributed by atoms with Gasteiger partial charge in [-0.2, -0.15) is 5.10 Å². The summed E-state index contributed by atoms with van der Waals surface area (Å²) < 4.78 is 1.45. The van der Waals surface area contributed by atoms with Crippen LogP contribution in [0.25, 0.3) is 0 Å². The third-order valence-corrected chi connectivity index (χ3v) is 1.78. The molecule has 0 spiro atoms. The van der Waals surface area contributed by atoms with Gasteiger partial charge < -0.3 is 5.11 Å². The fourth-order valence-electron chi connectivity index (χ4n) is 0.957. The SMILES string of the molecule is CC(C)(O)CCn1cc([N+](=O)[O-])cn1. The molecule has 0 aliphatic heterocycles. The van der Waals surface area contributed by atoms with E-state index in [4.69, 9.17) is 0 Å². The molecule has 1 rings (SSSR count). The van der Waals surface area contributed by atoms with Gasteiger partial charge in [0.25, 0.3) is 0 Å². The topological polar surface area (TPSA) is 81.2 Å². The zero-order chi connectivity index (χ0) is 10.8. The van der Waals surface area contributed by atoms with Crippen LogP contribution in [0.2, 0.25) is 0 Å². The second-order valence-corrected chi connectivity index (χ2v) is 3.78. The van der Waals surface area contributed by atoms with E-state index in [0.717, 1.165) is 0 Å². The highest BCUT2D eigenvalue weighted by atomic mass is 16.6. The average Bonchev–Trinajstić information content (AvgIpc) is 2.47. The van der Waals surface area contributed by atoms with Gasteiger partial charge in [0.2, 0.25) is 0 Å². The van der Waals surface area contributed by atoms with Crippen molar-refractivity contribution in [2.75, 3.05) is 0 Å². The van der Waals surface area contributed by atoms with E-state index in [0.29, 0.717) is 13.0 Å². The molecule has 1 N–H and O–H groups in total. The predicted octanol–water partition coefficient (Wildman–Crippen LogP) is 0.952. The second-order valence-electron chi connectivity index (χ2n) is 3.78. The van der Waals surface area contributed by atoms with Crippen molar-refractivity contribution in [3.63, 3.8) is 0 Å². The van der Waals surface area contributed by atoms with E-state index in [1.807, 2.05) is 0 Å². The molecule has 0 unspecified atom stereocenters. The first-order valence-electron chi connectivity index (χ1n) is 4.28. The van der Waals surface area contributed by atoms with Crippen LogP contribution in [-0.4, -0.2) is 25.4 Å². The van der Waals surface area contributed by atoms with E-state index in [9.17, 15) is 15.2 Å². The lowest BCUT2D eigenvalue weighted by Gasteiger charge is -2.16. The molecular formula is C8H13N3O3. The lowest BCUT2D eigenvalue weighted by atomic mass is 10.1. The van der Waals surface area contributed by atoms with E-state index in [-0.39, 0.29) is 5.69 Å². The minimum Gasteiger partial charge on any atom is -0.390 e. The molecule has 0 radical (unpaired) electrons. The number of aryl methyl sites for hydroxylation is 1. The van der Waals surface area contributed by atoms with E-state index in [1.54, 1.807) is 13.8 Å². The Hall–Kier alpha value is -1.43. The minimum absolute atomic E-state index is 0.0271. The molecule has 0 fully saturated rings. The Kier molecular flexibility index (Phi) is 2.85. The third kappa shape index (κ3) is 3.14. The van der Waals surface area contributed by atoms with Crippen molar-refractivity contribution in [3.05, 3.63) is 22.5 Å². The maximum atomic E-state index is 10.3. The number of aliphatic hydroxyl groups is 1. The maximum absolute atomic E-state index is 10.3. The van der Waals surface area contributed by atoms with Gasteiger partial charge in [0, 0.05) is 6.54 Å². The van der Waals surface area contributed by atoms with Gasteiger partial charge in [-0.15, -0.1) is 0 Å². The molecule has 14 heavy (non-hydrogen) atoms. The standard InChI is InChI=1S/C8H13N3O3/c1-8(2,12)3-4-10-6-7(5-9-10)11(13)14/h5-6,12H,3-4H2,1-2H3. The van der Waals surface area contributed by atoms with E-state index in [2.05, 4.69) is 5.10 Å². The summed E-state index contributed by atoms with van der Waals surface area (Å²) in [6.07, 6.45) is 3.06. The molecule has 0 atom stereocenters. The maximum Gasteiger partial charge on any atom is 0.306 e. The Balaban J connectivity index is 2.56. The molecule has 0 amide bonds. The van der Waals surface area contributed by atoms with Gasteiger partial charge in [-0.3, -0.25) is 14.8 Å². The van der Waals surface area contributed by atoms with Gasteiger partial charge in [-0.05, 0) is 20.3 Å². The highest BCUT2D eigenvalue weighted by Gasteiger charge is 2.14. The molecule has 0 bridgehead atoms. The predicted molar refractivity (Wildman–Crippen MR) is 49.8 cm³/mol. The van der Waals surface area contributed by atoms with Crippen LogP contribution in [0.1, 0.15) is 20.3 Å². The Morgan fingerprint density at radius 3 is 2.79 bits per heavy atom. The van der Waals surface area contributed by atoms with Gasteiger partial charge in [0.15, 0.2) is 0 Å². The largest absolute Gasteiger partial charge is 0.390 e. The molecule has 0 saturated carbocycles. The summed E-state index contributed by atoms with van der Waals surface area (Å²) >= 11 is 0. The number of nitrogens with zero attached hydrogens (tertiary/aromatic N) is 3. The van der Waals surface area contributed by atoms with Gasteiger partial charge in [-0.1, -0.05) is 0 Å². The zero-order valence-electron chi connectivity index (χ0n) is 8.17. The van der Waals surface area contributed by atoms with Crippen molar-refractivity contribution in [2.45, 2.75) is 32.4 Å². The number of aromatic nitrogens is 2. The van der Waals surface area contributed by atoms with Crippen molar-refractivity contribution in [3.8, 4) is 0 Å². The molecule has 6 heteroatoms. The van der Waals surface area contributed by atoms with Gasteiger partial charge in [0.1, 0.15) is 12.4 Å². The lowest BCUT2D eigenvalue weighted by Crippen LogP contribution is -2.21. The summed E-state index contributed by atoms with van der Waals surface area (Å²) in [6, 6.07) is 0. The quantitative estimate of drug-likeness (QED) is 0.578. The van der Waals surface area contributed by atoms with E-state index >= 15 is 0 Å². The Bertz CT molecular complexity index is 327. The van der Waals surface area contributed by atoms with E-state index in [1.165, 1.54) is 17.1 Å². The highest BCUT2D eigenvalue weighted by Crippen LogP contribution is 2.12. The molecule has 0 aliphatic rings. The third-order valence-electron chi connectivity index (χ3n) is 1.78. The Morgan fingerprint density at radius 1 is 1.71 bits per heavy atom. The summed E-state index contributed by atoms with van der Waals surface area (Å²) in [5.74, 6) is 0. The van der Waals surface area contributed by atoms with Crippen molar-refractivity contribution in [2.24, 2.45) is 0 Å².